The number of allylic oxidation sites excluding steroid dienone is 1. The number of hydrogen-bond donors (Lipinski definition) is 0. The van der Waals surface area contributed by atoms with Crippen LogP contribution < -0.4 is 29.1 Å². The van der Waals surface area contributed by atoms with Crippen molar-refractivity contribution >= 4 is 67.9 Å². The molecule has 1 atom stereocenters. The summed E-state index contributed by atoms with van der Waals surface area (Å²) in [5, 5.41) is 0. The molecule has 2 heterocycles. The summed E-state index contributed by atoms with van der Waals surface area (Å²) in [5.74, 6) is -0.358. The van der Waals surface area contributed by atoms with Gasteiger partial charge in [-0.05, 0) is 97.0 Å². The number of hydrogen-bond acceptors (Lipinski definition) is 10. The van der Waals surface area contributed by atoms with Crippen molar-refractivity contribution in [1.29, 1.82) is 0 Å². The number of fused-ring (bicyclic) bond motifs is 1. The Morgan fingerprint density at radius 2 is 1.80 bits per heavy atom. The average molecular weight is 866 g/mol. The molecule has 0 aliphatic carbocycles. The van der Waals surface area contributed by atoms with Crippen LogP contribution in [0.15, 0.2) is 80.1 Å². The van der Waals surface area contributed by atoms with Crippen LogP contribution in [0, 0.1) is 9.39 Å². The first-order valence-corrected chi connectivity index (χ1v) is 17.8. The van der Waals surface area contributed by atoms with Crippen molar-refractivity contribution in [2.75, 3.05) is 26.9 Å². The quantitative estimate of drug-likeness (QED) is 0.129. The molecule has 1 aliphatic rings. The van der Waals surface area contributed by atoms with Gasteiger partial charge >= 0.3 is 11.9 Å². The topological polar surface area (TPSA) is 115 Å². The van der Waals surface area contributed by atoms with Crippen LogP contribution in [0.1, 0.15) is 43.5 Å². The molecule has 1 aliphatic heterocycles. The number of halogens is 3. The largest absolute Gasteiger partial charge is 0.490 e. The minimum atomic E-state index is -0.914. The van der Waals surface area contributed by atoms with Gasteiger partial charge in [0.25, 0.3) is 5.56 Å². The lowest BCUT2D eigenvalue weighted by atomic mass is 9.95. The summed E-state index contributed by atoms with van der Waals surface area (Å²) in [6.07, 6.45) is 1.73. The van der Waals surface area contributed by atoms with E-state index in [0.717, 1.165) is 13.6 Å². The summed E-state index contributed by atoms with van der Waals surface area (Å²) in [7, 11) is 1.26. The number of carbonyl (C=O) groups is 2. The highest BCUT2D eigenvalue weighted by atomic mass is 127. The normalized spacial score (nSPS) is 14.2. The molecule has 0 bridgehead atoms. The molecule has 5 rings (SSSR count). The van der Waals surface area contributed by atoms with Crippen molar-refractivity contribution in [3.63, 3.8) is 0 Å². The standard InChI is InChI=1S/C35H31BrFIN2O8S/c1-5-45-27-14-21(9-12-26(27)47-18-29(41)44-4)31-30(34(43)46-6-2)19(3)39-35-40(31)33(42)28(49-35)15-22-13-23(36)16-25(38)32(22)48-17-20-7-10-24(37)11-8-20/h7-16,31H,5-6,17-18H2,1-4H3/b28-15+/t31-/m1/s1. The van der Waals surface area contributed by atoms with Crippen LogP contribution in [0.4, 0.5) is 4.39 Å². The lowest BCUT2D eigenvalue weighted by molar-refractivity contribution is -0.143. The Morgan fingerprint density at radius 3 is 2.49 bits per heavy atom. The number of rotatable bonds is 12. The van der Waals surface area contributed by atoms with Gasteiger partial charge in [0.1, 0.15) is 18.2 Å². The Labute approximate surface area is 307 Å². The molecule has 14 heteroatoms. The summed E-state index contributed by atoms with van der Waals surface area (Å²) < 4.78 is 44.7. The van der Waals surface area contributed by atoms with Crippen LogP contribution in [0.25, 0.3) is 6.08 Å². The van der Waals surface area contributed by atoms with E-state index in [9.17, 15) is 18.8 Å². The smallest absolute Gasteiger partial charge is 0.343 e. The van der Waals surface area contributed by atoms with E-state index in [0.29, 0.717) is 43.4 Å². The number of methoxy groups -OCH3 is 1. The molecule has 0 unspecified atom stereocenters. The first-order chi connectivity index (χ1) is 23.5. The number of esters is 2. The van der Waals surface area contributed by atoms with Crippen molar-refractivity contribution in [3.8, 4) is 17.2 Å². The van der Waals surface area contributed by atoms with Crippen molar-refractivity contribution in [2.24, 2.45) is 4.99 Å². The van der Waals surface area contributed by atoms with Crippen LogP contribution in [-0.2, 0) is 25.7 Å². The maximum atomic E-state index is 14.3. The Bertz CT molecular complexity index is 2110. The molecule has 0 saturated carbocycles. The van der Waals surface area contributed by atoms with Gasteiger partial charge < -0.3 is 23.7 Å². The number of nitrogens with zero attached hydrogens (tertiary/aromatic N) is 2. The molecule has 0 spiro atoms. The Balaban J connectivity index is 1.64. The predicted molar refractivity (Wildman–Crippen MR) is 193 cm³/mol. The van der Waals surface area contributed by atoms with Crippen molar-refractivity contribution in [3.05, 3.63) is 116 Å². The molecule has 256 valence electrons. The first-order valence-electron chi connectivity index (χ1n) is 15.1. The maximum absolute atomic E-state index is 14.3. The number of benzene rings is 3. The van der Waals surface area contributed by atoms with Gasteiger partial charge in [-0.1, -0.05) is 45.5 Å². The average Bonchev–Trinajstić information content (AvgIpc) is 3.37. The highest BCUT2D eigenvalue weighted by Crippen LogP contribution is 2.37. The van der Waals surface area contributed by atoms with Gasteiger partial charge in [0, 0.05) is 10.0 Å². The molecular weight excluding hydrogens is 834 g/mol. The van der Waals surface area contributed by atoms with Crippen LogP contribution in [0.3, 0.4) is 0 Å². The molecule has 0 amide bonds. The maximum Gasteiger partial charge on any atom is 0.343 e. The van der Waals surface area contributed by atoms with Gasteiger partial charge in [-0.2, -0.15) is 0 Å². The van der Waals surface area contributed by atoms with Gasteiger partial charge in [0.2, 0.25) is 0 Å². The zero-order valence-corrected chi connectivity index (χ0v) is 31.4. The van der Waals surface area contributed by atoms with Crippen molar-refractivity contribution in [2.45, 2.75) is 33.4 Å². The number of thiazole rings is 1. The molecular formula is C35H31BrFIN2O8S. The highest BCUT2D eigenvalue weighted by Gasteiger charge is 2.34. The fourth-order valence-electron chi connectivity index (χ4n) is 5.10. The molecule has 0 radical (unpaired) electrons. The zero-order chi connectivity index (χ0) is 35.2. The summed E-state index contributed by atoms with van der Waals surface area (Å²) in [6.45, 7) is 5.47. The molecule has 0 N–H and O–H groups in total. The van der Waals surface area contributed by atoms with Crippen LogP contribution in [0.5, 0.6) is 17.2 Å². The molecule has 3 aromatic carbocycles. The lowest BCUT2D eigenvalue weighted by Gasteiger charge is -2.25. The highest BCUT2D eigenvalue weighted by molar-refractivity contribution is 14.1. The minimum absolute atomic E-state index is 0.124. The van der Waals surface area contributed by atoms with E-state index in [1.54, 1.807) is 57.2 Å². The first kappa shape index (κ1) is 36.3. The number of carbonyl (C=O) groups excluding carboxylic acids is 2. The number of ether oxygens (including phenoxy) is 5. The Hall–Kier alpha value is -4.02. The van der Waals surface area contributed by atoms with E-state index in [-0.39, 0.29) is 43.4 Å². The number of aromatic nitrogens is 1. The molecule has 1 aromatic heterocycles. The van der Waals surface area contributed by atoms with E-state index < -0.39 is 18.0 Å². The fraction of sp³-hybridized carbons (Fsp3) is 0.257. The third kappa shape index (κ3) is 8.24. The minimum Gasteiger partial charge on any atom is -0.490 e. The van der Waals surface area contributed by atoms with Crippen molar-refractivity contribution < 1.29 is 37.7 Å². The van der Waals surface area contributed by atoms with Gasteiger partial charge in [0.05, 0.1) is 45.7 Å². The van der Waals surface area contributed by atoms with Crippen molar-refractivity contribution in [1.82, 2.24) is 4.57 Å². The fourth-order valence-corrected chi connectivity index (χ4v) is 7.85. The third-order valence-electron chi connectivity index (χ3n) is 7.29. The summed E-state index contributed by atoms with van der Waals surface area (Å²) in [4.78, 5) is 44.5. The zero-order valence-electron chi connectivity index (χ0n) is 26.9. The van der Waals surface area contributed by atoms with Gasteiger partial charge in [-0.15, -0.1) is 0 Å². The van der Waals surface area contributed by atoms with E-state index in [1.165, 1.54) is 35.1 Å². The predicted octanol–water partition coefficient (Wildman–Crippen LogP) is 5.83. The second kappa shape index (κ2) is 16.1. The monoisotopic (exact) mass is 864 g/mol. The second-order valence-corrected chi connectivity index (χ2v) is 13.6. The molecule has 0 fully saturated rings. The van der Waals surface area contributed by atoms with Crippen LogP contribution >= 0.6 is 49.9 Å². The lowest BCUT2D eigenvalue weighted by Crippen LogP contribution is -2.40. The van der Waals surface area contributed by atoms with Crippen LogP contribution in [-0.4, -0.2) is 43.4 Å². The van der Waals surface area contributed by atoms with Gasteiger partial charge in [0.15, 0.2) is 22.9 Å². The second-order valence-electron chi connectivity index (χ2n) is 10.5. The summed E-state index contributed by atoms with van der Waals surface area (Å²) >= 11 is 6.89. The molecule has 10 nitrogen and oxygen atoms in total. The van der Waals surface area contributed by atoms with Crippen LogP contribution in [0.2, 0.25) is 0 Å². The molecule has 4 aromatic rings. The third-order valence-corrected chi connectivity index (χ3v) is 9.54. The van der Waals surface area contributed by atoms with Gasteiger partial charge in [-0.25, -0.2) is 19.0 Å². The SMILES string of the molecule is CCOC(=O)C1=C(C)N=c2s/c(=C/c3cc(Br)cc(I)c3OCc3ccc(F)cc3)c(=O)n2[C@@H]1c1ccc(OCC(=O)OC)c(OCC)c1. The summed E-state index contributed by atoms with van der Waals surface area (Å²) in [6, 6.07) is 13.9. The van der Waals surface area contributed by atoms with E-state index in [2.05, 4.69) is 48.3 Å². The van der Waals surface area contributed by atoms with E-state index >= 15 is 0 Å². The summed E-state index contributed by atoms with van der Waals surface area (Å²) in [5.41, 5.74) is 2.17. The van der Waals surface area contributed by atoms with E-state index in [1.807, 2.05) is 12.1 Å². The van der Waals surface area contributed by atoms with E-state index in [4.69, 9.17) is 18.9 Å². The van der Waals surface area contributed by atoms with Gasteiger partial charge in [-0.3, -0.25) is 9.36 Å². The Kier molecular flexibility index (Phi) is 11.9. The molecule has 0 saturated heterocycles. The Morgan fingerprint density at radius 1 is 1.04 bits per heavy atom. The molecule has 49 heavy (non-hydrogen) atoms.